The minimum atomic E-state index is -0.282. The Morgan fingerprint density at radius 2 is 2.12 bits per heavy atom. The number of hydrogen-bond donors (Lipinski definition) is 0. The highest BCUT2D eigenvalue weighted by Gasteiger charge is 2.12. The average molecular weight is 253 g/mol. The highest BCUT2D eigenvalue weighted by atomic mass is 35.5. The predicted molar refractivity (Wildman–Crippen MR) is 65.3 cm³/mol. The maximum absolute atomic E-state index is 11.6. The number of nitrogens with zero attached hydrogens (tertiary/aromatic N) is 4. The van der Waals surface area contributed by atoms with E-state index in [1.807, 2.05) is 13.8 Å². The lowest BCUT2D eigenvalue weighted by molar-refractivity contribution is 0.717. The molecule has 0 saturated carbocycles. The van der Waals surface area contributed by atoms with Crippen LogP contribution in [0.2, 0.25) is 5.15 Å². The van der Waals surface area contributed by atoms with Crippen LogP contribution in [0.3, 0.4) is 0 Å². The molecule has 6 heteroatoms. The maximum atomic E-state index is 11.6. The van der Waals surface area contributed by atoms with Crippen LogP contribution in [0.25, 0.3) is 0 Å². The summed E-state index contributed by atoms with van der Waals surface area (Å²) in [7, 11) is 1.77. The summed E-state index contributed by atoms with van der Waals surface area (Å²) in [5.74, 6) is 0. The van der Waals surface area contributed by atoms with Crippen molar-refractivity contribution in [2.24, 2.45) is 7.05 Å². The molecule has 0 amide bonds. The third-order valence-electron chi connectivity index (χ3n) is 2.58. The molecule has 5 nitrogen and oxygen atoms in total. The maximum Gasteiger partial charge on any atom is 0.347 e. The van der Waals surface area contributed by atoms with E-state index in [2.05, 4.69) is 10.1 Å². The summed E-state index contributed by atoms with van der Waals surface area (Å²) in [6, 6.07) is 0. The molecular formula is C11H13ClN4O. The number of aryl methyl sites for hydroxylation is 3. The smallest absolute Gasteiger partial charge is 0.294 e. The van der Waals surface area contributed by atoms with Crippen molar-refractivity contribution in [3.63, 3.8) is 0 Å². The molecule has 0 aliphatic heterocycles. The van der Waals surface area contributed by atoms with E-state index < -0.39 is 0 Å². The van der Waals surface area contributed by atoms with E-state index >= 15 is 0 Å². The average Bonchev–Trinajstić information content (AvgIpc) is 2.50. The van der Waals surface area contributed by atoms with Crippen LogP contribution < -0.4 is 5.69 Å². The molecule has 0 spiro atoms. The summed E-state index contributed by atoms with van der Waals surface area (Å²) in [5, 5.41) is 4.76. The molecule has 0 bridgehead atoms. The van der Waals surface area contributed by atoms with Crippen LogP contribution in [0, 0.1) is 13.8 Å². The van der Waals surface area contributed by atoms with Gasteiger partial charge in [-0.1, -0.05) is 11.6 Å². The zero-order chi connectivity index (χ0) is 12.6. The van der Waals surface area contributed by atoms with Crippen LogP contribution in [-0.4, -0.2) is 19.3 Å². The van der Waals surface area contributed by atoms with Crippen molar-refractivity contribution >= 4 is 11.6 Å². The Labute approximate surface area is 104 Å². The molecule has 2 heterocycles. The van der Waals surface area contributed by atoms with Crippen LogP contribution in [-0.2, 0) is 13.6 Å². The summed E-state index contributed by atoms with van der Waals surface area (Å²) >= 11 is 6.12. The zero-order valence-corrected chi connectivity index (χ0v) is 10.7. The molecule has 0 atom stereocenters. The Balaban J connectivity index is 2.44. The standard InChI is InChI=1S/C11H13ClN4O/c1-7-4-13-11(17)16(5-7)6-9-8(2)14-15(3)10(9)12/h4-5H,6H2,1-3H3. The minimum absolute atomic E-state index is 0.282. The third-order valence-corrected chi connectivity index (χ3v) is 3.05. The molecule has 0 fully saturated rings. The summed E-state index contributed by atoms with van der Waals surface area (Å²) < 4.78 is 3.13. The number of hydrogen-bond acceptors (Lipinski definition) is 3. The topological polar surface area (TPSA) is 52.7 Å². The highest BCUT2D eigenvalue weighted by Crippen LogP contribution is 2.19. The van der Waals surface area contributed by atoms with Crippen molar-refractivity contribution in [3.05, 3.63) is 44.9 Å². The van der Waals surface area contributed by atoms with Gasteiger partial charge >= 0.3 is 5.69 Å². The number of rotatable bonds is 2. The SMILES string of the molecule is Cc1cnc(=O)n(Cc2c(C)nn(C)c2Cl)c1. The second kappa shape index (κ2) is 4.33. The van der Waals surface area contributed by atoms with E-state index in [1.165, 1.54) is 4.57 Å². The molecule has 0 radical (unpaired) electrons. The van der Waals surface area contributed by atoms with Crippen LogP contribution >= 0.6 is 11.6 Å². The Morgan fingerprint density at radius 1 is 1.41 bits per heavy atom. The van der Waals surface area contributed by atoms with E-state index in [1.54, 1.807) is 24.1 Å². The molecule has 0 saturated heterocycles. The van der Waals surface area contributed by atoms with Gasteiger partial charge in [0.15, 0.2) is 0 Å². The Morgan fingerprint density at radius 3 is 2.71 bits per heavy atom. The van der Waals surface area contributed by atoms with Gasteiger partial charge in [0.2, 0.25) is 0 Å². The molecule has 0 unspecified atom stereocenters. The summed E-state index contributed by atoms with van der Waals surface area (Å²) in [4.78, 5) is 15.4. The van der Waals surface area contributed by atoms with E-state index in [0.717, 1.165) is 16.8 Å². The zero-order valence-electron chi connectivity index (χ0n) is 9.94. The highest BCUT2D eigenvalue weighted by molar-refractivity contribution is 6.30. The Bertz CT molecular complexity index is 614. The van der Waals surface area contributed by atoms with Gasteiger partial charge in [0, 0.05) is 25.0 Å². The summed E-state index contributed by atoms with van der Waals surface area (Å²) in [6.07, 6.45) is 3.31. The fraction of sp³-hybridized carbons (Fsp3) is 0.364. The second-order valence-electron chi connectivity index (χ2n) is 4.02. The second-order valence-corrected chi connectivity index (χ2v) is 4.38. The van der Waals surface area contributed by atoms with Gasteiger partial charge in [-0.15, -0.1) is 0 Å². The van der Waals surface area contributed by atoms with Crippen LogP contribution in [0.4, 0.5) is 0 Å². The van der Waals surface area contributed by atoms with E-state index in [-0.39, 0.29) is 5.69 Å². The first kappa shape index (κ1) is 11.9. The van der Waals surface area contributed by atoms with Gasteiger partial charge in [0.25, 0.3) is 0 Å². The lowest BCUT2D eigenvalue weighted by Gasteiger charge is -2.05. The molecule has 2 aromatic heterocycles. The van der Waals surface area contributed by atoms with Crippen molar-refractivity contribution in [2.75, 3.05) is 0 Å². The van der Waals surface area contributed by atoms with Gasteiger partial charge in [0.05, 0.1) is 12.2 Å². The molecule has 0 aliphatic rings. The molecule has 90 valence electrons. The molecule has 0 aliphatic carbocycles. The van der Waals surface area contributed by atoms with E-state index in [9.17, 15) is 4.79 Å². The van der Waals surface area contributed by atoms with E-state index in [4.69, 9.17) is 11.6 Å². The fourth-order valence-electron chi connectivity index (χ4n) is 1.70. The number of aromatic nitrogens is 4. The molecule has 0 N–H and O–H groups in total. The van der Waals surface area contributed by atoms with Crippen LogP contribution in [0.5, 0.6) is 0 Å². The molecule has 0 aromatic carbocycles. The van der Waals surface area contributed by atoms with Gasteiger partial charge in [-0.3, -0.25) is 9.25 Å². The Kier molecular flexibility index (Phi) is 3.02. The van der Waals surface area contributed by atoms with Gasteiger partial charge in [-0.2, -0.15) is 5.10 Å². The van der Waals surface area contributed by atoms with Gasteiger partial charge in [0.1, 0.15) is 5.15 Å². The van der Waals surface area contributed by atoms with Gasteiger partial charge in [-0.25, -0.2) is 9.78 Å². The minimum Gasteiger partial charge on any atom is -0.294 e. The lowest BCUT2D eigenvalue weighted by atomic mass is 10.2. The molecule has 2 rings (SSSR count). The molecule has 2 aromatic rings. The van der Waals surface area contributed by atoms with E-state index in [0.29, 0.717) is 11.7 Å². The van der Waals surface area contributed by atoms with Crippen molar-refractivity contribution in [3.8, 4) is 0 Å². The quantitative estimate of drug-likeness (QED) is 0.810. The van der Waals surface area contributed by atoms with Gasteiger partial charge < -0.3 is 0 Å². The molecule has 17 heavy (non-hydrogen) atoms. The van der Waals surface area contributed by atoms with Crippen molar-refractivity contribution < 1.29 is 0 Å². The monoisotopic (exact) mass is 252 g/mol. The van der Waals surface area contributed by atoms with Crippen LogP contribution in [0.1, 0.15) is 16.8 Å². The molecular weight excluding hydrogens is 240 g/mol. The first-order chi connectivity index (χ1) is 7.99. The predicted octanol–water partition coefficient (Wildman–Crippen LogP) is 1.30. The summed E-state index contributed by atoms with van der Waals surface area (Å²) in [6.45, 7) is 4.15. The Hall–Kier alpha value is -1.62. The van der Waals surface area contributed by atoms with Gasteiger partial charge in [-0.05, 0) is 19.4 Å². The lowest BCUT2D eigenvalue weighted by Crippen LogP contribution is -2.23. The normalized spacial score (nSPS) is 10.8. The third kappa shape index (κ3) is 2.24. The fourth-order valence-corrected chi connectivity index (χ4v) is 1.94. The van der Waals surface area contributed by atoms with Crippen molar-refractivity contribution in [1.82, 2.24) is 19.3 Å². The van der Waals surface area contributed by atoms with Crippen molar-refractivity contribution in [2.45, 2.75) is 20.4 Å². The summed E-state index contributed by atoms with van der Waals surface area (Å²) in [5.41, 5.74) is 2.33. The number of halogens is 1. The first-order valence-electron chi connectivity index (χ1n) is 5.20. The largest absolute Gasteiger partial charge is 0.347 e. The van der Waals surface area contributed by atoms with Crippen LogP contribution in [0.15, 0.2) is 17.2 Å². The van der Waals surface area contributed by atoms with Crippen molar-refractivity contribution in [1.29, 1.82) is 0 Å². The first-order valence-corrected chi connectivity index (χ1v) is 5.58.